The maximum atomic E-state index is 11.8. The molecule has 1 N–H and O–H groups in total. The van der Waals surface area contributed by atoms with Crippen LogP contribution in [0.5, 0.6) is 5.75 Å². The van der Waals surface area contributed by atoms with E-state index in [-0.39, 0.29) is 5.91 Å². The highest BCUT2D eigenvalue weighted by Gasteiger charge is 2.02. The maximum Gasteiger partial charge on any atom is 0.250 e. The fourth-order valence-electron chi connectivity index (χ4n) is 2.22. The molecule has 4 nitrogen and oxygen atoms in total. The molecule has 0 fully saturated rings. The van der Waals surface area contributed by atoms with Gasteiger partial charge in [-0.3, -0.25) is 4.79 Å². The third kappa shape index (κ3) is 7.31. The summed E-state index contributed by atoms with van der Waals surface area (Å²) in [6.07, 6.45) is 3.81. The van der Waals surface area contributed by atoms with Gasteiger partial charge in [0, 0.05) is 5.75 Å². The average molecular weight is 371 g/mol. The van der Waals surface area contributed by atoms with Crippen molar-refractivity contribution in [1.29, 1.82) is 0 Å². The number of carbonyl (C=O) groups excluding carboxylic acids is 1. The van der Waals surface area contributed by atoms with Gasteiger partial charge in [-0.2, -0.15) is 5.10 Å². The first-order valence-electron chi connectivity index (χ1n) is 8.86. The van der Waals surface area contributed by atoms with E-state index in [2.05, 4.69) is 36.5 Å². The van der Waals surface area contributed by atoms with E-state index in [4.69, 9.17) is 4.74 Å². The SMILES string of the molecule is CCCCOc1ccc(/C=N/NC(=O)CSCc2ccccc2C)cc1. The lowest BCUT2D eigenvalue weighted by atomic mass is 10.1. The van der Waals surface area contributed by atoms with Gasteiger partial charge < -0.3 is 4.74 Å². The van der Waals surface area contributed by atoms with E-state index in [1.165, 1.54) is 11.1 Å². The molecular weight excluding hydrogens is 344 g/mol. The Hall–Kier alpha value is -2.27. The number of aryl methyl sites for hydroxylation is 1. The molecule has 0 atom stereocenters. The number of unbranched alkanes of at least 4 members (excludes halogenated alkanes) is 1. The van der Waals surface area contributed by atoms with E-state index < -0.39 is 0 Å². The van der Waals surface area contributed by atoms with Crippen LogP contribution in [0.25, 0.3) is 0 Å². The maximum absolute atomic E-state index is 11.8. The monoisotopic (exact) mass is 370 g/mol. The van der Waals surface area contributed by atoms with E-state index in [1.54, 1.807) is 18.0 Å². The average Bonchev–Trinajstić information content (AvgIpc) is 2.65. The Bertz CT molecular complexity index is 714. The normalized spacial score (nSPS) is 10.8. The van der Waals surface area contributed by atoms with Crippen molar-refractivity contribution in [2.75, 3.05) is 12.4 Å². The van der Waals surface area contributed by atoms with Crippen LogP contribution in [0.15, 0.2) is 53.6 Å². The summed E-state index contributed by atoms with van der Waals surface area (Å²) in [5, 5.41) is 4.01. The van der Waals surface area contributed by atoms with Gasteiger partial charge in [-0.15, -0.1) is 11.8 Å². The van der Waals surface area contributed by atoms with Crippen LogP contribution >= 0.6 is 11.8 Å². The van der Waals surface area contributed by atoms with Gasteiger partial charge in [0.2, 0.25) is 5.91 Å². The molecule has 0 heterocycles. The number of rotatable bonds is 10. The molecule has 5 heteroatoms. The highest BCUT2D eigenvalue weighted by molar-refractivity contribution is 7.99. The first-order valence-corrected chi connectivity index (χ1v) is 10.0. The predicted molar refractivity (Wildman–Crippen MR) is 110 cm³/mol. The highest BCUT2D eigenvalue weighted by atomic mass is 32.2. The third-order valence-corrected chi connectivity index (χ3v) is 4.78. The fourth-order valence-corrected chi connectivity index (χ4v) is 3.12. The number of ether oxygens (including phenoxy) is 1. The van der Waals surface area contributed by atoms with Gasteiger partial charge in [0.05, 0.1) is 18.6 Å². The van der Waals surface area contributed by atoms with Gasteiger partial charge in [0.1, 0.15) is 5.75 Å². The van der Waals surface area contributed by atoms with Gasteiger partial charge in [0.15, 0.2) is 0 Å². The molecule has 26 heavy (non-hydrogen) atoms. The fraction of sp³-hybridized carbons (Fsp3) is 0.333. The molecule has 0 radical (unpaired) electrons. The Morgan fingerprint density at radius 2 is 1.96 bits per heavy atom. The number of amides is 1. The third-order valence-electron chi connectivity index (χ3n) is 3.80. The number of thioether (sulfide) groups is 1. The van der Waals surface area contributed by atoms with Gasteiger partial charge in [0.25, 0.3) is 0 Å². The first-order chi connectivity index (χ1) is 12.7. The van der Waals surface area contributed by atoms with E-state index >= 15 is 0 Å². The van der Waals surface area contributed by atoms with Gasteiger partial charge in [-0.25, -0.2) is 5.43 Å². The Balaban J connectivity index is 1.68. The molecule has 1 amide bonds. The van der Waals surface area contributed by atoms with Crippen molar-refractivity contribution < 1.29 is 9.53 Å². The molecule has 0 spiro atoms. The molecule has 0 aliphatic rings. The number of hydrogen-bond donors (Lipinski definition) is 1. The zero-order valence-corrected chi connectivity index (χ0v) is 16.2. The molecule has 2 aromatic rings. The number of hydrazone groups is 1. The van der Waals surface area contributed by atoms with E-state index in [1.807, 2.05) is 36.4 Å². The first kappa shape index (κ1) is 20.0. The minimum absolute atomic E-state index is 0.0978. The topological polar surface area (TPSA) is 50.7 Å². The van der Waals surface area contributed by atoms with Crippen molar-refractivity contribution in [2.24, 2.45) is 5.10 Å². The second-order valence-electron chi connectivity index (χ2n) is 5.98. The summed E-state index contributed by atoms with van der Waals surface area (Å²) in [6, 6.07) is 15.9. The number of benzene rings is 2. The van der Waals surface area contributed by atoms with Crippen LogP contribution in [-0.4, -0.2) is 24.5 Å². The molecule has 2 aromatic carbocycles. The van der Waals surface area contributed by atoms with Crippen LogP contribution < -0.4 is 10.2 Å². The van der Waals surface area contributed by atoms with Gasteiger partial charge in [-0.05, 0) is 54.3 Å². The van der Waals surface area contributed by atoms with Crippen molar-refractivity contribution >= 4 is 23.9 Å². The lowest BCUT2D eigenvalue weighted by Gasteiger charge is -2.05. The Morgan fingerprint density at radius 1 is 1.19 bits per heavy atom. The van der Waals surface area contributed by atoms with Crippen molar-refractivity contribution in [3.8, 4) is 5.75 Å². The van der Waals surface area contributed by atoms with Crippen molar-refractivity contribution in [2.45, 2.75) is 32.4 Å². The van der Waals surface area contributed by atoms with Crippen LogP contribution in [0.2, 0.25) is 0 Å². The smallest absolute Gasteiger partial charge is 0.250 e. The summed E-state index contributed by atoms with van der Waals surface area (Å²) < 4.78 is 5.62. The summed E-state index contributed by atoms with van der Waals surface area (Å²) in [6.45, 7) is 4.96. The molecule has 2 rings (SSSR count). The summed E-state index contributed by atoms with van der Waals surface area (Å²) in [7, 11) is 0. The van der Waals surface area contributed by atoms with Crippen LogP contribution in [-0.2, 0) is 10.5 Å². The summed E-state index contributed by atoms with van der Waals surface area (Å²) >= 11 is 1.58. The second kappa shape index (κ2) is 11.4. The Labute approximate surface area is 160 Å². The van der Waals surface area contributed by atoms with Crippen molar-refractivity contribution in [3.63, 3.8) is 0 Å². The van der Waals surface area contributed by atoms with Gasteiger partial charge >= 0.3 is 0 Å². The molecular formula is C21H26N2O2S. The molecule has 138 valence electrons. The largest absolute Gasteiger partial charge is 0.494 e. The van der Waals surface area contributed by atoms with Crippen LogP contribution in [0, 0.1) is 6.92 Å². The van der Waals surface area contributed by atoms with Crippen molar-refractivity contribution in [1.82, 2.24) is 5.43 Å². The Kier molecular flexibility index (Phi) is 8.76. The van der Waals surface area contributed by atoms with Crippen LogP contribution in [0.3, 0.4) is 0 Å². The minimum atomic E-state index is -0.0978. The number of nitrogens with one attached hydrogen (secondary N) is 1. The standard InChI is InChI=1S/C21H26N2O2S/c1-3-4-13-25-20-11-9-18(10-12-20)14-22-23-21(24)16-26-15-19-8-6-5-7-17(19)2/h5-12,14H,3-4,13,15-16H2,1-2H3,(H,23,24)/b22-14+. The van der Waals surface area contributed by atoms with E-state index in [9.17, 15) is 4.79 Å². The predicted octanol–water partition coefficient (Wildman–Crippen LogP) is 4.56. The molecule has 0 saturated carbocycles. The molecule has 0 saturated heterocycles. The van der Waals surface area contributed by atoms with E-state index in [0.29, 0.717) is 5.75 Å². The number of nitrogens with zero attached hydrogens (tertiary/aromatic N) is 1. The summed E-state index contributed by atoms with van der Waals surface area (Å²) in [4.78, 5) is 11.8. The lowest BCUT2D eigenvalue weighted by molar-refractivity contribution is -0.118. The zero-order valence-electron chi connectivity index (χ0n) is 15.4. The van der Waals surface area contributed by atoms with E-state index in [0.717, 1.165) is 36.5 Å². The number of hydrogen-bond acceptors (Lipinski definition) is 4. The quantitative estimate of drug-likeness (QED) is 0.379. The molecule has 0 aromatic heterocycles. The van der Waals surface area contributed by atoms with Crippen molar-refractivity contribution in [3.05, 3.63) is 65.2 Å². The number of carbonyl (C=O) groups is 1. The lowest BCUT2D eigenvalue weighted by Crippen LogP contribution is -2.19. The Morgan fingerprint density at radius 3 is 2.69 bits per heavy atom. The molecule has 0 unspecified atom stereocenters. The molecule has 0 aliphatic heterocycles. The van der Waals surface area contributed by atoms with Crippen LogP contribution in [0.4, 0.5) is 0 Å². The second-order valence-corrected chi connectivity index (χ2v) is 6.97. The summed E-state index contributed by atoms with van der Waals surface area (Å²) in [5.41, 5.74) is 5.99. The minimum Gasteiger partial charge on any atom is -0.494 e. The molecule has 0 aliphatic carbocycles. The van der Waals surface area contributed by atoms with Crippen LogP contribution in [0.1, 0.15) is 36.5 Å². The summed E-state index contributed by atoms with van der Waals surface area (Å²) in [5.74, 6) is 1.96. The zero-order chi connectivity index (χ0) is 18.6. The van der Waals surface area contributed by atoms with Gasteiger partial charge in [-0.1, -0.05) is 37.6 Å². The molecule has 0 bridgehead atoms. The highest BCUT2D eigenvalue weighted by Crippen LogP contribution is 2.15.